The van der Waals surface area contributed by atoms with Crippen molar-refractivity contribution in [1.82, 2.24) is 5.32 Å². The molecular formula is C15H15ClN2O3S. The van der Waals surface area contributed by atoms with Gasteiger partial charge in [0, 0.05) is 15.6 Å². The summed E-state index contributed by atoms with van der Waals surface area (Å²) in [6.45, 7) is 1.49. The molecule has 0 aliphatic heterocycles. The SMILES string of the molecule is CC(NC(=O)COC(=O)c1cc(Cl)ccc1N)c1cccs1. The standard InChI is InChI=1S/C15H15ClN2O3S/c1-9(13-3-2-6-22-13)18-14(19)8-21-15(20)11-7-10(16)4-5-12(11)17/h2-7,9H,8,17H2,1H3,(H,18,19). The molecule has 0 saturated carbocycles. The van der Waals surface area contributed by atoms with E-state index in [9.17, 15) is 9.59 Å². The molecule has 22 heavy (non-hydrogen) atoms. The van der Waals surface area contributed by atoms with Crippen LogP contribution < -0.4 is 11.1 Å². The van der Waals surface area contributed by atoms with Crippen LogP contribution in [-0.4, -0.2) is 18.5 Å². The highest BCUT2D eigenvalue weighted by molar-refractivity contribution is 7.10. The Hall–Kier alpha value is -2.05. The van der Waals surface area contributed by atoms with Crippen LogP contribution >= 0.6 is 22.9 Å². The Kier molecular flexibility index (Phi) is 5.41. The third kappa shape index (κ3) is 4.22. The number of carbonyl (C=O) groups is 2. The zero-order valence-corrected chi connectivity index (χ0v) is 13.4. The minimum Gasteiger partial charge on any atom is -0.452 e. The van der Waals surface area contributed by atoms with Gasteiger partial charge < -0.3 is 15.8 Å². The quantitative estimate of drug-likeness (QED) is 0.648. The van der Waals surface area contributed by atoms with Gasteiger partial charge in [0.25, 0.3) is 5.91 Å². The Labute approximate surface area is 137 Å². The maximum atomic E-state index is 11.9. The van der Waals surface area contributed by atoms with E-state index in [0.29, 0.717) is 5.02 Å². The predicted molar refractivity (Wildman–Crippen MR) is 87.0 cm³/mol. The predicted octanol–water partition coefficient (Wildman–Crippen LogP) is 3.02. The van der Waals surface area contributed by atoms with Crippen molar-refractivity contribution in [3.63, 3.8) is 0 Å². The second-order valence-corrected chi connectivity index (χ2v) is 6.03. The van der Waals surface area contributed by atoms with Crippen molar-refractivity contribution in [2.75, 3.05) is 12.3 Å². The van der Waals surface area contributed by atoms with Crippen LogP contribution in [0.1, 0.15) is 28.2 Å². The maximum Gasteiger partial charge on any atom is 0.340 e. The van der Waals surface area contributed by atoms with E-state index in [2.05, 4.69) is 5.32 Å². The highest BCUT2D eigenvalue weighted by Crippen LogP contribution is 2.19. The molecule has 116 valence electrons. The molecule has 0 bridgehead atoms. The molecular weight excluding hydrogens is 324 g/mol. The normalized spacial score (nSPS) is 11.7. The molecule has 7 heteroatoms. The Morgan fingerprint density at radius 1 is 1.41 bits per heavy atom. The van der Waals surface area contributed by atoms with Crippen LogP contribution in [0.15, 0.2) is 35.7 Å². The lowest BCUT2D eigenvalue weighted by molar-refractivity contribution is -0.124. The van der Waals surface area contributed by atoms with Gasteiger partial charge in [-0.15, -0.1) is 11.3 Å². The second kappa shape index (κ2) is 7.29. The molecule has 1 atom stereocenters. The van der Waals surface area contributed by atoms with Crippen molar-refractivity contribution in [3.05, 3.63) is 51.2 Å². The maximum absolute atomic E-state index is 11.9. The summed E-state index contributed by atoms with van der Waals surface area (Å²) in [4.78, 5) is 24.7. The van der Waals surface area contributed by atoms with Crippen molar-refractivity contribution in [3.8, 4) is 0 Å². The minimum absolute atomic E-state index is 0.137. The lowest BCUT2D eigenvalue weighted by Crippen LogP contribution is -2.30. The molecule has 0 saturated heterocycles. The first kappa shape index (κ1) is 16.3. The van der Waals surface area contributed by atoms with Gasteiger partial charge in [0.1, 0.15) is 0 Å². The fourth-order valence-corrected chi connectivity index (χ4v) is 2.71. The minimum atomic E-state index is -0.682. The molecule has 1 aromatic heterocycles. The molecule has 2 aromatic rings. The van der Waals surface area contributed by atoms with Gasteiger partial charge in [-0.1, -0.05) is 17.7 Å². The Balaban J connectivity index is 1.88. The number of esters is 1. The summed E-state index contributed by atoms with van der Waals surface area (Å²) in [5.74, 6) is -1.06. The molecule has 0 aliphatic rings. The average Bonchev–Trinajstić information content (AvgIpc) is 3.01. The number of thiophene rings is 1. The number of rotatable bonds is 5. The topological polar surface area (TPSA) is 81.4 Å². The van der Waals surface area contributed by atoms with Gasteiger partial charge in [0.2, 0.25) is 0 Å². The molecule has 0 spiro atoms. The van der Waals surface area contributed by atoms with E-state index < -0.39 is 5.97 Å². The number of ether oxygens (including phenoxy) is 1. The number of nitrogens with one attached hydrogen (secondary N) is 1. The summed E-state index contributed by atoms with van der Waals surface area (Å²) in [5, 5.41) is 5.05. The zero-order chi connectivity index (χ0) is 16.1. The number of hydrogen-bond donors (Lipinski definition) is 2. The van der Waals surface area contributed by atoms with Crippen molar-refractivity contribution in [2.45, 2.75) is 13.0 Å². The zero-order valence-electron chi connectivity index (χ0n) is 11.8. The Morgan fingerprint density at radius 2 is 2.18 bits per heavy atom. The molecule has 2 rings (SSSR count). The molecule has 1 aromatic carbocycles. The second-order valence-electron chi connectivity index (χ2n) is 4.61. The fourth-order valence-electron chi connectivity index (χ4n) is 1.81. The van der Waals surface area contributed by atoms with Crippen LogP contribution in [0.4, 0.5) is 5.69 Å². The van der Waals surface area contributed by atoms with Gasteiger partial charge in [0.15, 0.2) is 6.61 Å². The van der Waals surface area contributed by atoms with Crippen LogP contribution in [0, 0.1) is 0 Å². The van der Waals surface area contributed by atoms with Crippen molar-refractivity contribution in [1.29, 1.82) is 0 Å². The molecule has 0 fully saturated rings. The third-order valence-corrected chi connectivity index (χ3v) is 4.21. The van der Waals surface area contributed by atoms with Gasteiger partial charge in [-0.3, -0.25) is 4.79 Å². The van der Waals surface area contributed by atoms with Gasteiger partial charge in [-0.25, -0.2) is 4.79 Å². The van der Waals surface area contributed by atoms with E-state index >= 15 is 0 Å². The van der Waals surface area contributed by atoms with Crippen LogP contribution in [0.3, 0.4) is 0 Å². The van der Waals surface area contributed by atoms with Crippen LogP contribution in [0.2, 0.25) is 5.02 Å². The summed E-state index contributed by atoms with van der Waals surface area (Å²) in [7, 11) is 0. The van der Waals surface area contributed by atoms with Gasteiger partial charge in [-0.2, -0.15) is 0 Å². The van der Waals surface area contributed by atoms with Gasteiger partial charge in [-0.05, 0) is 36.6 Å². The molecule has 1 unspecified atom stereocenters. The Bertz CT molecular complexity index is 673. The Morgan fingerprint density at radius 3 is 2.86 bits per heavy atom. The van der Waals surface area contributed by atoms with E-state index in [1.165, 1.54) is 12.1 Å². The molecule has 5 nitrogen and oxygen atoms in total. The van der Waals surface area contributed by atoms with E-state index in [0.717, 1.165) is 4.88 Å². The fraction of sp³-hybridized carbons (Fsp3) is 0.200. The largest absolute Gasteiger partial charge is 0.452 e. The smallest absolute Gasteiger partial charge is 0.340 e. The van der Waals surface area contributed by atoms with Crippen molar-refractivity contribution >= 4 is 40.5 Å². The number of nitrogen functional groups attached to an aromatic ring is 1. The number of amides is 1. The average molecular weight is 339 g/mol. The van der Waals surface area contributed by atoms with Crippen LogP contribution in [0.5, 0.6) is 0 Å². The number of nitrogens with two attached hydrogens (primary N) is 1. The lowest BCUT2D eigenvalue weighted by Gasteiger charge is -2.12. The van der Waals surface area contributed by atoms with Crippen LogP contribution in [0.25, 0.3) is 0 Å². The van der Waals surface area contributed by atoms with Crippen molar-refractivity contribution in [2.24, 2.45) is 0 Å². The summed E-state index contributed by atoms with van der Waals surface area (Å²) in [6.07, 6.45) is 0. The molecule has 0 radical (unpaired) electrons. The number of carbonyl (C=O) groups excluding carboxylic acids is 2. The molecule has 0 aliphatic carbocycles. The number of halogens is 1. The summed E-state index contributed by atoms with van der Waals surface area (Å²) in [6, 6.07) is 8.19. The molecule has 3 N–H and O–H groups in total. The number of anilines is 1. The van der Waals surface area contributed by atoms with Crippen LogP contribution in [-0.2, 0) is 9.53 Å². The lowest BCUT2D eigenvalue weighted by atomic mass is 10.2. The first-order chi connectivity index (χ1) is 10.5. The highest BCUT2D eigenvalue weighted by atomic mass is 35.5. The van der Waals surface area contributed by atoms with Gasteiger partial charge >= 0.3 is 5.97 Å². The van der Waals surface area contributed by atoms with E-state index in [-0.39, 0.29) is 29.8 Å². The first-order valence-electron chi connectivity index (χ1n) is 6.52. The number of hydrogen-bond acceptors (Lipinski definition) is 5. The highest BCUT2D eigenvalue weighted by Gasteiger charge is 2.15. The van der Waals surface area contributed by atoms with E-state index in [1.54, 1.807) is 17.4 Å². The summed E-state index contributed by atoms with van der Waals surface area (Å²) >= 11 is 7.35. The third-order valence-electron chi connectivity index (χ3n) is 2.92. The number of benzene rings is 1. The molecule has 1 amide bonds. The van der Waals surface area contributed by atoms with Gasteiger partial charge in [0.05, 0.1) is 11.6 Å². The summed E-state index contributed by atoms with van der Waals surface area (Å²) in [5.41, 5.74) is 6.08. The molecule has 1 heterocycles. The van der Waals surface area contributed by atoms with E-state index in [4.69, 9.17) is 22.1 Å². The van der Waals surface area contributed by atoms with Crippen molar-refractivity contribution < 1.29 is 14.3 Å². The first-order valence-corrected chi connectivity index (χ1v) is 7.78. The summed E-state index contributed by atoms with van der Waals surface area (Å²) < 4.78 is 4.96. The monoisotopic (exact) mass is 338 g/mol. The van der Waals surface area contributed by atoms with E-state index in [1.807, 2.05) is 24.4 Å².